The minimum absolute atomic E-state index is 1.22. The first-order valence-corrected chi connectivity index (χ1v) is 5.31. The van der Waals surface area contributed by atoms with Crippen molar-refractivity contribution in [1.82, 2.24) is 4.98 Å². The molecule has 0 radical (unpaired) electrons. The van der Waals surface area contributed by atoms with Gasteiger partial charge in [-0.05, 0) is 17.7 Å². The third kappa shape index (κ3) is 1.77. The summed E-state index contributed by atoms with van der Waals surface area (Å²) < 4.78 is 0. The summed E-state index contributed by atoms with van der Waals surface area (Å²) in [6.45, 7) is 0. The molecule has 1 aromatic carbocycles. The Morgan fingerprint density at radius 1 is 1.14 bits per heavy atom. The fourth-order valence-electron chi connectivity index (χ4n) is 1.28. The van der Waals surface area contributed by atoms with Crippen LogP contribution in [0.15, 0.2) is 36.0 Å². The maximum absolute atomic E-state index is 4.06. The van der Waals surface area contributed by atoms with E-state index in [2.05, 4.69) is 34.1 Å². The quantitative estimate of drug-likeness (QED) is 0.747. The van der Waals surface area contributed by atoms with E-state index in [4.69, 9.17) is 0 Å². The first-order chi connectivity index (χ1) is 6.77. The predicted molar refractivity (Wildman–Crippen MR) is 61.9 cm³/mol. The topological polar surface area (TPSA) is 16.1 Å². The van der Waals surface area contributed by atoms with Gasteiger partial charge in [0.15, 0.2) is 0 Å². The van der Waals surface area contributed by atoms with Crippen molar-refractivity contribution in [2.45, 2.75) is 0 Å². The Kier molecular flexibility index (Phi) is 2.50. The van der Waals surface area contributed by atoms with Crippen molar-refractivity contribution in [3.05, 3.63) is 36.0 Å². The number of thiazole rings is 1. The molecule has 1 aromatic heterocycles. The number of nitrogens with zero attached hydrogens (tertiary/aromatic N) is 2. The molecule has 0 N–H and O–H groups in total. The van der Waals surface area contributed by atoms with Crippen LogP contribution in [0.1, 0.15) is 0 Å². The summed E-state index contributed by atoms with van der Waals surface area (Å²) in [6.07, 6.45) is 1.90. The second-order valence-corrected chi connectivity index (χ2v) is 4.19. The molecule has 0 aliphatic rings. The Hall–Kier alpha value is -1.35. The molecule has 72 valence electrons. The second-order valence-electron chi connectivity index (χ2n) is 3.31. The average molecular weight is 204 g/mol. The fraction of sp³-hybridized carbons (Fsp3) is 0.182. The van der Waals surface area contributed by atoms with Gasteiger partial charge in [0, 0.05) is 26.0 Å². The van der Waals surface area contributed by atoms with Crippen molar-refractivity contribution in [3.63, 3.8) is 0 Å². The molecule has 14 heavy (non-hydrogen) atoms. The highest BCUT2D eigenvalue weighted by Gasteiger charge is 1.99. The Morgan fingerprint density at radius 3 is 2.36 bits per heavy atom. The van der Waals surface area contributed by atoms with Crippen molar-refractivity contribution in [3.8, 4) is 10.4 Å². The van der Waals surface area contributed by atoms with Crippen molar-refractivity contribution < 1.29 is 0 Å². The van der Waals surface area contributed by atoms with E-state index < -0.39 is 0 Å². The van der Waals surface area contributed by atoms with Crippen molar-refractivity contribution >= 4 is 17.0 Å². The van der Waals surface area contributed by atoms with Crippen LogP contribution in [0.4, 0.5) is 5.69 Å². The summed E-state index contributed by atoms with van der Waals surface area (Å²) in [5.41, 5.74) is 4.31. The first kappa shape index (κ1) is 9.21. The highest BCUT2D eigenvalue weighted by atomic mass is 32.1. The Balaban J connectivity index is 2.31. The third-order valence-corrected chi connectivity index (χ3v) is 2.92. The lowest BCUT2D eigenvalue weighted by Gasteiger charge is -2.12. The van der Waals surface area contributed by atoms with E-state index in [9.17, 15) is 0 Å². The van der Waals surface area contributed by atoms with E-state index in [1.54, 1.807) is 11.3 Å². The molecular weight excluding hydrogens is 192 g/mol. The molecule has 0 aliphatic heterocycles. The van der Waals surface area contributed by atoms with Gasteiger partial charge in [-0.3, -0.25) is 4.98 Å². The van der Waals surface area contributed by atoms with E-state index in [0.717, 1.165) is 0 Å². The van der Waals surface area contributed by atoms with Crippen LogP contribution in [0.25, 0.3) is 10.4 Å². The zero-order chi connectivity index (χ0) is 9.97. The zero-order valence-corrected chi connectivity index (χ0v) is 9.08. The number of aromatic nitrogens is 1. The summed E-state index contributed by atoms with van der Waals surface area (Å²) in [6, 6.07) is 8.50. The van der Waals surface area contributed by atoms with Gasteiger partial charge in [0.25, 0.3) is 0 Å². The molecule has 2 nitrogen and oxygen atoms in total. The van der Waals surface area contributed by atoms with E-state index in [1.165, 1.54) is 16.1 Å². The van der Waals surface area contributed by atoms with Crippen LogP contribution in [0.5, 0.6) is 0 Å². The molecule has 0 unspecified atom stereocenters. The molecule has 0 fully saturated rings. The van der Waals surface area contributed by atoms with E-state index in [0.29, 0.717) is 0 Å². The van der Waals surface area contributed by atoms with E-state index >= 15 is 0 Å². The van der Waals surface area contributed by atoms with Crippen LogP contribution >= 0.6 is 11.3 Å². The summed E-state index contributed by atoms with van der Waals surface area (Å²) in [7, 11) is 4.09. The van der Waals surface area contributed by atoms with Gasteiger partial charge < -0.3 is 4.90 Å². The van der Waals surface area contributed by atoms with Crippen LogP contribution in [0.3, 0.4) is 0 Å². The minimum Gasteiger partial charge on any atom is -0.378 e. The zero-order valence-electron chi connectivity index (χ0n) is 8.27. The van der Waals surface area contributed by atoms with Gasteiger partial charge in [-0.1, -0.05) is 12.1 Å². The number of hydrogen-bond acceptors (Lipinski definition) is 3. The smallest absolute Gasteiger partial charge is 0.0797 e. The molecule has 0 atom stereocenters. The number of benzene rings is 1. The SMILES string of the molecule is CN(C)c1ccc(-c2cncs2)cc1. The van der Waals surface area contributed by atoms with Crippen LogP contribution in [-0.4, -0.2) is 19.1 Å². The third-order valence-electron chi connectivity index (χ3n) is 2.10. The summed E-state index contributed by atoms with van der Waals surface area (Å²) in [5, 5.41) is 0. The molecule has 2 aromatic rings. The lowest BCUT2D eigenvalue weighted by molar-refractivity contribution is 1.13. The average Bonchev–Trinajstić information content (AvgIpc) is 2.71. The van der Waals surface area contributed by atoms with Crippen LogP contribution in [0, 0.1) is 0 Å². The molecule has 0 aliphatic carbocycles. The molecule has 1 heterocycles. The molecule has 0 saturated heterocycles. The maximum atomic E-state index is 4.06. The molecule has 0 amide bonds. The van der Waals surface area contributed by atoms with Gasteiger partial charge in [0.2, 0.25) is 0 Å². The lowest BCUT2D eigenvalue weighted by atomic mass is 10.2. The van der Waals surface area contributed by atoms with Crippen LogP contribution < -0.4 is 4.90 Å². The van der Waals surface area contributed by atoms with Gasteiger partial charge >= 0.3 is 0 Å². The van der Waals surface area contributed by atoms with E-state index in [1.807, 2.05) is 25.8 Å². The van der Waals surface area contributed by atoms with Crippen molar-refractivity contribution in [2.24, 2.45) is 0 Å². The van der Waals surface area contributed by atoms with Crippen LogP contribution in [-0.2, 0) is 0 Å². The molecule has 2 rings (SSSR count). The molecule has 0 bridgehead atoms. The number of rotatable bonds is 2. The largest absolute Gasteiger partial charge is 0.378 e. The Labute approximate surface area is 87.8 Å². The van der Waals surface area contributed by atoms with Gasteiger partial charge in [-0.2, -0.15) is 0 Å². The Morgan fingerprint density at radius 2 is 1.86 bits per heavy atom. The highest BCUT2D eigenvalue weighted by Crippen LogP contribution is 2.24. The van der Waals surface area contributed by atoms with Crippen molar-refractivity contribution in [1.29, 1.82) is 0 Å². The second kappa shape index (κ2) is 3.80. The van der Waals surface area contributed by atoms with E-state index in [-0.39, 0.29) is 0 Å². The highest BCUT2D eigenvalue weighted by molar-refractivity contribution is 7.13. The number of anilines is 1. The number of hydrogen-bond donors (Lipinski definition) is 0. The maximum Gasteiger partial charge on any atom is 0.0797 e. The Bertz CT molecular complexity index is 390. The molecular formula is C11H12N2S. The van der Waals surface area contributed by atoms with Gasteiger partial charge in [-0.25, -0.2) is 0 Å². The van der Waals surface area contributed by atoms with Gasteiger partial charge in [-0.15, -0.1) is 11.3 Å². The first-order valence-electron chi connectivity index (χ1n) is 4.43. The standard InChI is InChI=1S/C11H12N2S/c1-13(2)10-5-3-9(4-6-10)11-7-12-8-14-11/h3-8H,1-2H3. The summed E-state index contributed by atoms with van der Waals surface area (Å²) >= 11 is 1.67. The minimum atomic E-state index is 1.22. The molecule has 0 spiro atoms. The summed E-state index contributed by atoms with van der Waals surface area (Å²) in [4.78, 5) is 7.38. The van der Waals surface area contributed by atoms with Crippen molar-refractivity contribution in [2.75, 3.05) is 19.0 Å². The summed E-state index contributed by atoms with van der Waals surface area (Å²) in [5.74, 6) is 0. The monoisotopic (exact) mass is 204 g/mol. The normalized spacial score (nSPS) is 10.1. The molecule has 0 saturated carbocycles. The van der Waals surface area contributed by atoms with Gasteiger partial charge in [0.05, 0.1) is 10.4 Å². The van der Waals surface area contributed by atoms with Crippen LogP contribution in [0.2, 0.25) is 0 Å². The van der Waals surface area contributed by atoms with Gasteiger partial charge in [0.1, 0.15) is 0 Å². The molecule has 3 heteroatoms. The fourth-order valence-corrected chi connectivity index (χ4v) is 1.91. The lowest BCUT2D eigenvalue weighted by Crippen LogP contribution is -2.07. The predicted octanol–water partition coefficient (Wildman–Crippen LogP) is 2.88.